The lowest BCUT2D eigenvalue weighted by molar-refractivity contribution is -0.116. The Morgan fingerprint density at radius 3 is 2.58 bits per heavy atom. The normalized spacial score (nSPS) is 53.8. The summed E-state index contributed by atoms with van der Waals surface area (Å²) in [5.41, 5.74) is 1.77. The predicted molar refractivity (Wildman–Crippen MR) is 97.7 cm³/mol. The first kappa shape index (κ1) is 17.1. The first-order valence-electron chi connectivity index (χ1n) is 10.4. The van der Waals surface area contributed by atoms with Gasteiger partial charge in [0.15, 0.2) is 0 Å². The molecule has 24 heavy (non-hydrogen) atoms. The van der Waals surface area contributed by atoms with Crippen molar-refractivity contribution >= 4 is 0 Å². The van der Waals surface area contributed by atoms with Crippen LogP contribution in [0.1, 0.15) is 79.1 Å². The van der Waals surface area contributed by atoms with Gasteiger partial charge in [-0.25, -0.2) is 0 Å². The third kappa shape index (κ3) is 2.21. The van der Waals surface area contributed by atoms with Crippen molar-refractivity contribution in [3.8, 4) is 0 Å². The highest BCUT2D eigenvalue weighted by Crippen LogP contribution is 2.67. The fourth-order valence-electron chi connectivity index (χ4n) is 7.25. The molecule has 0 spiro atoms. The van der Waals surface area contributed by atoms with Crippen LogP contribution in [0.4, 0.5) is 0 Å². The van der Waals surface area contributed by atoms with Crippen molar-refractivity contribution in [3.05, 3.63) is 11.6 Å². The number of ether oxygens (including phenoxy) is 1. The minimum Gasteiger partial charge on any atom is -0.390 e. The van der Waals surface area contributed by atoms with Gasteiger partial charge in [0.05, 0.1) is 11.7 Å². The monoisotopic (exact) mass is 332 g/mol. The second-order valence-electron chi connectivity index (χ2n) is 9.85. The van der Waals surface area contributed by atoms with Crippen LogP contribution in [0.3, 0.4) is 0 Å². The summed E-state index contributed by atoms with van der Waals surface area (Å²) in [6.07, 6.45) is 12.7. The highest BCUT2D eigenvalue weighted by atomic mass is 16.5. The van der Waals surface area contributed by atoms with E-state index in [4.69, 9.17) is 4.74 Å². The molecular formula is C22H36O2. The third-order valence-electron chi connectivity index (χ3n) is 9.02. The minimum atomic E-state index is -0.458. The van der Waals surface area contributed by atoms with Gasteiger partial charge >= 0.3 is 0 Å². The van der Waals surface area contributed by atoms with Gasteiger partial charge in [-0.05, 0) is 93.8 Å². The predicted octanol–water partition coefficient (Wildman–Crippen LogP) is 5.11. The van der Waals surface area contributed by atoms with Crippen molar-refractivity contribution in [1.82, 2.24) is 0 Å². The zero-order chi connectivity index (χ0) is 17.2. The number of allylic oxidation sites excluding steroid dienone is 1. The largest absolute Gasteiger partial charge is 0.390 e. The van der Waals surface area contributed by atoms with Crippen LogP contribution in [-0.2, 0) is 4.74 Å². The van der Waals surface area contributed by atoms with E-state index in [0.29, 0.717) is 17.4 Å². The molecule has 4 rings (SSSR count). The van der Waals surface area contributed by atoms with Gasteiger partial charge < -0.3 is 9.84 Å². The summed E-state index contributed by atoms with van der Waals surface area (Å²) in [5.74, 6) is 2.33. The smallest absolute Gasteiger partial charge is 0.0675 e. The van der Waals surface area contributed by atoms with Crippen LogP contribution in [-0.4, -0.2) is 23.4 Å². The molecule has 2 nitrogen and oxygen atoms in total. The molecule has 0 radical (unpaired) electrons. The minimum absolute atomic E-state index is 0.137. The summed E-state index contributed by atoms with van der Waals surface area (Å²) in [6.45, 7) is 10.00. The lowest BCUT2D eigenvalue weighted by Gasteiger charge is -2.58. The lowest BCUT2D eigenvalue weighted by Crippen LogP contribution is -2.53. The molecule has 2 heteroatoms. The maximum absolute atomic E-state index is 11.0. The van der Waals surface area contributed by atoms with Gasteiger partial charge in [-0.3, -0.25) is 0 Å². The summed E-state index contributed by atoms with van der Waals surface area (Å²) in [5, 5.41) is 11.0. The number of rotatable bonds is 2. The summed E-state index contributed by atoms with van der Waals surface area (Å²) in [4.78, 5) is 0. The molecule has 1 N–H and O–H groups in total. The molecule has 4 aliphatic rings. The Morgan fingerprint density at radius 1 is 1.08 bits per heavy atom. The van der Waals surface area contributed by atoms with E-state index < -0.39 is 5.60 Å². The topological polar surface area (TPSA) is 29.5 Å². The Morgan fingerprint density at radius 2 is 1.83 bits per heavy atom. The quantitative estimate of drug-likeness (QED) is 0.712. The number of fused-ring (bicyclic) bond motifs is 5. The van der Waals surface area contributed by atoms with E-state index in [1.165, 1.54) is 38.5 Å². The molecule has 0 aliphatic heterocycles. The van der Waals surface area contributed by atoms with E-state index in [2.05, 4.69) is 33.8 Å². The Kier molecular flexibility index (Phi) is 3.97. The number of aliphatic hydroxyl groups is 1. The molecule has 0 bridgehead atoms. The summed E-state index contributed by atoms with van der Waals surface area (Å²) in [7, 11) is 0. The molecule has 136 valence electrons. The fraction of sp³-hybridized carbons (Fsp3) is 0.909. The first-order valence-corrected chi connectivity index (χ1v) is 10.4. The lowest BCUT2D eigenvalue weighted by atomic mass is 9.47. The summed E-state index contributed by atoms with van der Waals surface area (Å²) in [6, 6.07) is 0. The summed E-state index contributed by atoms with van der Waals surface area (Å²) >= 11 is 0. The van der Waals surface area contributed by atoms with Gasteiger partial charge in [-0.15, -0.1) is 0 Å². The van der Waals surface area contributed by atoms with E-state index in [0.717, 1.165) is 31.3 Å². The molecular weight excluding hydrogens is 296 g/mol. The van der Waals surface area contributed by atoms with E-state index >= 15 is 0 Å². The maximum atomic E-state index is 11.0. The van der Waals surface area contributed by atoms with Crippen LogP contribution in [0.25, 0.3) is 0 Å². The molecule has 0 aromatic carbocycles. The van der Waals surface area contributed by atoms with E-state index in [-0.39, 0.29) is 5.41 Å². The SMILES string of the molecule is CCOC1CC[C@@]2(C)C(=CC[C@@H]3[C@H]2CC[C@@]2(C)[C@H]3CCC2(C)O)C1. The Bertz CT molecular complexity index is 536. The second-order valence-corrected chi connectivity index (χ2v) is 9.85. The first-order chi connectivity index (χ1) is 11.3. The average Bonchev–Trinajstić information content (AvgIpc) is 2.78. The Balaban J connectivity index is 1.61. The van der Waals surface area contributed by atoms with Gasteiger partial charge in [0.2, 0.25) is 0 Å². The Labute approximate surface area is 148 Å². The van der Waals surface area contributed by atoms with E-state index in [9.17, 15) is 5.11 Å². The number of hydrogen-bond donors (Lipinski definition) is 1. The average molecular weight is 333 g/mol. The zero-order valence-electron chi connectivity index (χ0n) is 16.1. The van der Waals surface area contributed by atoms with E-state index in [1.807, 2.05) is 0 Å². The molecule has 0 amide bonds. The van der Waals surface area contributed by atoms with Crippen LogP contribution in [0.5, 0.6) is 0 Å². The molecule has 3 fully saturated rings. The van der Waals surface area contributed by atoms with Gasteiger partial charge in [-0.2, -0.15) is 0 Å². The molecule has 4 aliphatic carbocycles. The fourth-order valence-corrected chi connectivity index (χ4v) is 7.25. The van der Waals surface area contributed by atoms with Crippen LogP contribution in [0, 0.1) is 28.6 Å². The molecule has 3 saturated carbocycles. The number of hydrogen-bond acceptors (Lipinski definition) is 2. The maximum Gasteiger partial charge on any atom is 0.0675 e. The van der Waals surface area contributed by atoms with Crippen molar-refractivity contribution in [3.63, 3.8) is 0 Å². The van der Waals surface area contributed by atoms with Crippen molar-refractivity contribution in [2.24, 2.45) is 28.6 Å². The van der Waals surface area contributed by atoms with Gasteiger partial charge in [-0.1, -0.05) is 25.5 Å². The van der Waals surface area contributed by atoms with Crippen molar-refractivity contribution in [2.45, 2.75) is 90.8 Å². The van der Waals surface area contributed by atoms with Crippen LogP contribution >= 0.6 is 0 Å². The van der Waals surface area contributed by atoms with Crippen molar-refractivity contribution in [2.75, 3.05) is 6.61 Å². The highest BCUT2D eigenvalue weighted by molar-refractivity contribution is 5.26. The van der Waals surface area contributed by atoms with Crippen LogP contribution < -0.4 is 0 Å². The van der Waals surface area contributed by atoms with Crippen LogP contribution in [0.2, 0.25) is 0 Å². The van der Waals surface area contributed by atoms with E-state index in [1.54, 1.807) is 5.57 Å². The van der Waals surface area contributed by atoms with Crippen molar-refractivity contribution in [1.29, 1.82) is 0 Å². The van der Waals surface area contributed by atoms with Gasteiger partial charge in [0.1, 0.15) is 0 Å². The zero-order valence-corrected chi connectivity index (χ0v) is 16.1. The molecule has 2 unspecified atom stereocenters. The molecule has 0 aromatic rings. The van der Waals surface area contributed by atoms with Gasteiger partial charge in [0, 0.05) is 6.61 Å². The molecule has 0 aromatic heterocycles. The Hall–Kier alpha value is -0.340. The second kappa shape index (κ2) is 5.58. The molecule has 0 saturated heterocycles. The highest BCUT2D eigenvalue weighted by Gasteiger charge is 2.62. The standard InChI is InChI=1S/C22H36O2/c1-5-24-16-8-11-20(2)15(14-16)6-7-17-18(20)9-12-21(3)19(17)10-13-22(21,4)23/h6,16-19,23H,5,7-14H2,1-4H3/t16?,17-,18-,19+,20+,21+,22?/m1/s1. The van der Waals surface area contributed by atoms with Gasteiger partial charge in [0.25, 0.3) is 0 Å². The van der Waals surface area contributed by atoms with Crippen molar-refractivity contribution < 1.29 is 9.84 Å². The molecule has 7 atom stereocenters. The summed E-state index contributed by atoms with van der Waals surface area (Å²) < 4.78 is 5.95. The van der Waals surface area contributed by atoms with Crippen LogP contribution in [0.15, 0.2) is 11.6 Å². The third-order valence-corrected chi connectivity index (χ3v) is 9.02. The molecule has 0 heterocycles.